The minimum absolute atomic E-state index is 0.215. The second kappa shape index (κ2) is 5.35. The number of benzene rings is 1. The second-order valence-electron chi connectivity index (χ2n) is 4.15. The molecule has 19 heavy (non-hydrogen) atoms. The lowest BCUT2D eigenvalue weighted by Crippen LogP contribution is -2.43. The van der Waals surface area contributed by atoms with Crippen molar-refractivity contribution in [3.05, 3.63) is 44.4 Å². The molecule has 0 radical (unpaired) electrons. The van der Waals surface area contributed by atoms with Gasteiger partial charge in [0.1, 0.15) is 5.92 Å². The average molecular weight is 328 g/mol. The molecular weight excluding hydrogens is 318 g/mol. The van der Waals surface area contributed by atoms with Gasteiger partial charge in [-0.1, -0.05) is 15.9 Å². The van der Waals surface area contributed by atoms with Crippen LogP contribution < -0.4 is 10.9 Å². The first-order valence-electron chi connectivity index (χ1n) is 5.48. The van der Waals surface area contributed by atoms with Crippen LogP contribution in [0.5, 0.6) is 0 Å². The highest BCUT2D eigenvalue weighted by Crippen LogP contribution is 2.32. The van der Waals surface area contributed by atoms with E-state index in [9.17, 15) is 19.7 Å². The minimum Gasteiger partial charge on any atom is -0.273 e. The van der Waals surface area contributed by atoms with Crippen LogP contribution in [-0.2, 0) is 4.79 Å². The Bertz CT molecular complexity index is 531. The summed E-state index contributed by atoms with van der Waals surface area (Å²) in [4.78, 5) is 33.0. The summed E-state index contributed by atoms with van der Waals surface area (Å²) in [7, 11) is 0. The first-order chi connectivity index (χ1) is 8.99. The van der Waals surface area contributed by atoms with Crippen LogP contribution in [0.1, 0.15) is 16.8 Å². The normalized spacial score (nSPS) is 20.5. The Morgan fingerprint density at radius 1 is 1.26 bits per heavy atom. The topological polar surface area (TPSA) is 101 Å². The third-order valence-electron chi connectivity index (χ3n) is 2.77. The van der Waals surface area contributed by atoms with Gasteiger partial charge in [0.2, 0.25) is 11.9 Å². The molecule has 0 bridgehead atoms. The molecule has 0 aliphatic heterocycles. The highest BCUT2D eigenvalue weighted by molar-refractivity contribution is 9.10. The molecule has 1 saturated carbocycles. The molecule has 1 aromatic rings. The summed E-state index contributed by atoms with van der Waals surface area (Å²) in [6.45, 7) is 0. The van der Waals surface area contributed by atoms with Gasteiger partial charge in [0.25, 0.3) is 5.91 Å². The lowest BCUT2D eigenvalue weighted by atomic mass is 10.2. The van der Waals surface area contributed by atoms with E-state index in [4.69, 9.17) is 0 Å². The number of hydrogen-bond acceptors (Lipinski definition) is 4. The van der Waals surface area contributed by atoms with Crippen molar-refractivity contribution in [2.45, 2.75) is 12.5 Å². The summed E-state index contributed by atoms with van der Waals surface area (Å²) in [5, 5.41) is 10.4. The molecule has 2 rings (SSSR count). The number of nitrogens with one attached hydrogen (secondary N) is 2. The summed E-state index contributed by atoms with van der Waals surface area (Å²) in [5.41, 5.74) is 4.79. The molecule has 0 spiro atoms. The highest BCUT2D eigenvalue weighted by atomic mass is 79.9. The van der Waals surface area contributed by atoms with Crippen molar-refractivity contribution in [3.8, 4) is 0 Å². The molecule has 1 aliphatic carbocycles. The van der Waals surface area contributed by atoms with E-state index in [0.717, 1.165) is 4.47 Å². The number of carbonyl (C=O) groups is 2. The third-order valence-corrected chi connectivity index (χ3v) is 3.30. The number of hydrogen-bond donors (Lipinski definition) is 2. The van der Waals surface area contributed by atoms with Gasteiger partial charge in [0.05, 0.1) is 0 Å². The molecule has 2 atom stereocenters. The van der Waals surface area contributed by atoms with Crippen LogP contribution in [0.2, 0.25) is 0 Å². The third kappa shape index (κ3) is 3.28. The van der Waals surface area contributed by atoms with Gasteiger partial charge in [-0.05, 0) is 24.3 Å². The van der Waals surface area contributed by atoms with Crippen molar-refractivity contribution in [3.63, 3.8) is 0 Å². The number of hydrazine groups is 1. The Kier molecular flexibility index (Phi) is 3.79. The van der Waals surface area contributed by atoms with Crippen LogP contribution in [0.4, 0.5) is 0 Å². The summed E-state index contributed by atoms with van der Waals surface area (Å²) in [5.74, 6) is -1.66. The van der Waals surface area contributed by atoms with E-state index in [1.807, 2.05) is 0 Å². The number of halogens is 1. The number of nitro groups is 1. The molecule has 2 amide bonds. The Hall–Kier alpha value is -1.96. The largest absolute Gasteiger partial charge is 0.273 e. The van der Waals surface area contributed by atoms with Gasteiger partial charge in [0.15, 0.2) is 0 Å². The first-order valence-corrected chi connectivity index (χ1v) is 6.27. The predicted molar refractivity (Wildman–Crippen MR) is 68.6 cm³/mol. The van der Waals surface area contributed by atoms with E-state index in [1.54, 1.807) is 24.3 Å². The Morgan fingerprint density at radius 3 is 2.42 bits per heavy atom. The quantitative estimate of drug-likeness (QED) is 0.635. The minimum atomic E-state index is -0.829. The van der Waals surface area contributed by atoms with Crippen molar-refractivity contribution in [1.82, 2.24) is 10.9 Å². The van der Waals surface area contributed by atoms with E-state index in [-0.39, 0.29) is 6.42 Å². The van der Waals surface area contributed by atoms with Gasteiger partial charge in [-0.2, -0.15) is 0 Å². The van der Waals surface area contributed by atoms with Crippen LogP contribution in [-0.4, -0.2) is 22.8 Å². The number of amides is 2. The zero-order valence-electron chi connectivity index (χ0n) is 9.63. The second-order valence-corrected chi connectivity index (χ2v) is 5.06. The van der Waals surface area contributed by atoms with Crippen molar-refractivity contribution in [2.24, 2.45) is 5.92 Å². The fraction of sp³-hybridized carbons (Fsp3) is 0.273. The molecule has 8 heteroatoms. The zero-order valence-corrected chi connectivity index (χ0v) is 11.2. The molecule has 1 aromatic carbocycles. The van der Waals surface area contributed by atoms with Crippen LogP contribution in [0, 0.1) is 16.0 Å². The maximum Gasteiger partial charge on any atom is 0.269 e. The van der Waals surface area contributed by atoms with E-state index < -0.39 is 28.7 Å². The molecule has 1 aliphatic rings. The predicted octanol–water partition coefficient (Wildman–Crippen LogP) is 0.875. The van der Waals surface area contributed by atoms with Crippen molar-refractivity contribution in [1.29, 1.82) is 0 Å². The maximum absolute atomic E-state index is 11.6. The zero-order chi connectivity index (χ0) is 14.0. The van der Waals surface area contributed by atoms with Gasteiger partial charge >= 0.3 is 0 Å². The highest BCUT2D eigenvalue weighted by Gasteiger charge is 2.53. The molecule has 2 unspecified atom stereocenters. The smallest absolute Gasteiger partial charge is 0.269 e. The molecule has 2 N–H and O–H groups in total. The summed E-state index contributed by atoms with van der Waals surface area (Å²) >= 11 is 3.24. The molecule has 0 heterocycles. The Morgan fingerprint density at radius 2 is 1.89 bits per heavy atom. The summed E-state index contributed by atoms with van der Waals surface area (Å²) in [6.07, 6.45) is 0.215. The van der Waals surface area contributed by atoms with Gasteiger partial charge in [0, 0.05) is 21.4 Å². The van der Waals surface area contributed by atoms with E-state index in [2.05, 4.69) is 26.8 Å². The molecule has 0 aromatic heterocycles. The van der Waals surface area contributed by atoms with E-state index in [1.165, 1.54) is 0 Å². The van der Waals surface area contributed by atoms with Crippen molar-refractivity contribution < 1.29 is 14.5 Å². The fourth-order valence-electron chi connectivity index (χ4n) is 1.58. The van der Waals surface area contributed by atoms with Crippen LogP contribution >= 0.6 is 15.9 Å². The standard InChI is InChI=1S/C11H10BrN3O4/c12-7-3-1-6(2-4-7)10(16)13-14-11(17)8-5-9(8)15(18)19/h1-4,8-9H,5H2,(H,13,16)(H,14,17). The number of rotatable bonds is 3. The maximum atomic E-state index is 11.6. The average Bonchev–Trinajstić information content (AvgIpc) is 3.16. The molecule has 0 saturated heterocycles. The molecular formula is C11H10BrN3O4. The lowest BCUT2D eigenvalue weighted by Gasteiger charge is -2.06. The Labute approximate surface area is 116 Å². The van der Waals surface area contributed by atoms with Gasteiger partial charge < -0.3 is 0 Å². The van der Waals surface area contributed by atoms with Crippen molar-refractivity contribution >= 4 is 27.7 Å². The number of nitrogens with zero attached hydrogens (tertiary/aromatic N) is 1. The van der Waals surface area contributed by atoms with Gasteiger partial charge in [-0.25, -0.2) is 0 Å². The van der Waals surface area contributed by atoms with E-state index in [0.29, 0.717) is 5.56 Å². The molecule has 100 valence electrons. The molecule has 1 fully saturated rings. The van der Waals surface area contributed by atoms with Gasteiger partial charge in [-0.15, -0.1) is 0 Å². The van der Waals surface area contributed by atoms with Crippen LogP contribution in [0.25, 0.3) is 0 Å². The first kappa shape index (κ1) is 13.5. The summed E-state index contributed by atoms with van der Waals surface area (Å²) in [6, 6.07) is 5.73. The van der Waals surface area contributed by atoms with Gasteiger partial charge in [-0.3, -0.25) is 30.6 Å². The SMILES string of the molecule is O=C(NNC(=O)C1CC1[N+](=O)[O-])c1ccc(Br)cc1. The molecule has 7 nitrogen and oxygen atoms in total. The lowest BCUT2D eigenvalue weighted by molar-refractivity contribution is -0.497. The van der Waals surface area contributed by atoms with E-state index >= 15 is 0 Å². The van der Waals surface area contributed by atoms with Crippen LogP contribution in [0.15, 0.2) is 28.7 Å². The number of carbonyl (C=O) groups excluding carboxylic acids is 2. The van der Waals surface area contributed by atoms with Crippen LogP contribution in [0.3, 0.4) is 0 Å². The monoisotopic (exact) mass is 327 g/mol. The Balaban J connectivity index is 1.83. The van der Waals surface area contributed by atoms with Crippen molar-refractivity contribution in [2.75, 3.05) is 0 Å². The fourth-order valence-corrected chi connectivity index (χ4v) is 1.85. The summed E-state index contributed by atoms with van der Waals surface area (Å²) < 4.78 is 0.833.